The molecule has 108 valence electrons. The minimum Gasteiger partial charge on any atom is -0.295 e. The summed E-state index contributed by atoms with van der Waals surface area (Å²) in [7, 11) is -2.95. The van der Waals surface area contributed by atoms with Crippen LogP contribution in [0.1, 0.15) is 52.4 Å². The maximum Gasteiger partial charge on any atom is 0.156 e. The largest absolute Gasteiger partial charge is 0.295 e. The molecule has 0 aliphatic heterocycles. The average molecular weight is 284 g/mol. The third-order valence-electron chi connectivity index (χ3n) is 4.44. The molecular weight excluding hydrogens is 260 g/mol. The molecule has 0 saturated heterocycles. The molecule has 0 aromatic rings. The zero-order valence-corrected chi connectivity index (χ0v) is 12.9. The molecule has 0 amide bonds. The standard InChI is InChI=1S/C15H24O3S/c1-15(2)9-12(7-13(16)10-15)11-5-4-6-14(8-11)19(3,17)18/h7,11,14H,4-6,8-10H2,1-3H3. The fourth-order valence-corrected chi connectivity index (χ4v) is 4.71. The summed E-state index contributed by atoms with van der Waals surface area (Å²) in [6, 6.07) is 0. The summed E-state index contributed by atoms with van der Waals surface area (Å²) in [5.74, 6) is 0.490. The topological polar surface area (TPSA) is 51.2 Å². The van der Waals surface area contributed by atoms with E-state index in [1.807, 2.05) is 0 Å². The summed E-state index contributed by atoms with van der Waals surface area (Å²) in [5.41, 5.74) is 1.22. The molecule has 2 aliphatic carbocycles. The zero-order valence-electron chi connectivity index (χ0n) is 12.1. The SMILES string of the molecule is CC1(C)CC(=O)C=C(C2CCCC(S(C)(=O)=O)C2)C1. The van der Waals surface area contributed by atoms with Crippen molar-refractivity contribution in [2.75, 3.05) is 6.26 Å². The van der Waals surface area contributed by atoms with Gasteiger partial charge in [-0.05, 0) is 43.1 Å². The van der Waals surface area contributed by atoms with Gasteiger partial charge in [0.25, 0.3) is 0 Å². The number of rotatable bonds is 2. The lowest BCUT2D eigenvalue weighted by atomic mass is 9.70. The molecule has 0 N–H and O–H groups in total. The number of sulfone groups is 1. The normalized spacial score (nSPS) is 31.9. The predicted octanol–water partition coefficient (Wildman–Crippen LogP) is 2.91. The van der Waals surface area contributed by atoms with Gasteiger partial charge in [0.2, 0.25) is 0 Å². The molecule has 2 unspecified atom stereocenters. The second-order valence-corrected chi connectivity index (χ2v) is 9.34. The van der Waals surface area contributed by atoms with Crippen LogP contribution in [0.4, 0.5) is 0 Å². The van der Waals surface area contributed by atoms with Crippen molar-refractivity contribution in [1.29, 1.82) is 0 Å². The van der Waals surface area contributed by atoms with Crippen molar-refractivity contribution >= 4 is 15.6 Å². The smallest absolute Gasteiger partial charge is 0.156 e. The second-order valence-electron chi connectivity index (χ2n) is 7.02. The molecule has 19 heavy (non-hydrogen) atoms. The van der Waals surface area contributed by atoms with E-state index in [9.17, 15) is 13.2 Å². The van der Waals surface area contributed by atoms with E-state index in [4.69, 9.17) is 0 Å². The molecule has 1 saturated carbocycles. The maximum atomic E-state index is 11.8. The van der Waals surface area contributed by atoms with Gasteiger partial charge < -0.3 is 0 Å². The number of ketones is 1. The third kappa shape index (κ3) is 3.68. The Bertz CT molecular complexity index is 499. The molecular formula is C15H24O3S. The van der Waals surface area contributed by atoms with Gasteiger partial charge in [0.05, 0.1) is 5.25 Å². The summed E-state index contributed by atoms with van der Waals surface area (Å²) >= 11 is 0. The van der Waals surface area contributed by atoms with Crippen LogP contribution in [0.15, 0.2) is 11.6 Å². The summed E-state index contributed by atoms with van der Waals surface area (Å²) in [4.78, 5) is 11.8. The molecule has 0 bridgehead atoms. The van der Waals surface area contributed by atoms with Crippen LogP contribution < -0.4 is 0 Å². The highest BCUT2D eigenvalue weighted by atomic mass is 32.2. The predicted molar refractivity (Wildman–Crippen MR) is 76.7 cm³/mol. The van der Waals surface area contributed by atoms with Crippen LogP contribution in [-0.2, 0) is 14.6 Å². The Kier molecular flexibility index (Phi) is 3.92. The molecule has 0 spiro atoms. The Morgan fingerprint density at radius 2 is 1.89 bits per heavy atom. The molecule has 3 nitrogen and oxygen atoms in total. The zero-order chi connectivity index (χ0) is 14.3. The van der Waals surface area contributed by atoms with Gasteiger partial charge in [-0.15, -0.1) is 0 Å². The van der Waals surface area contributed by atoms with Gasteiger partial charge in [0.1, 0.15) is 9.84 Å². The lowest BCUT2D eigenvalue weighted by Gasteiger charge is -2.36. The Morgan fingerprint density at radius 3 is 2.47 bits per heavy atom. The Labute approximate surface area is 116 Å². The lowest BCUT2D eigenvalue weighted by Crippen LogP contribution is -2.31. The number of allylic oxidation sites excluding steroid dienone is 2. The first-order valence-corrected chi connectivity index (χ1v) is 9.05. The lowest BCUT2D eigenvalue weighted by molar-refractivity contribution is -0.117. The van der Waals surface area contributed by atoms with Gasteiger partial charge in [-0.1, -0.05) is 25.8 Å². The van der Waals surface area contributed by atoms with Crippen molar-refractivity contribution in [3.8, 4) is 0 Å². The fraction of sp³-hybridized carbons (Fsp3) is 0.800. The number of hydrogen-bond acceptors (Lipinski definition) is 3. The summed E-state index contributed by atoms with van der Waals surface area (Å²) in [5, 5.41) is -0.215. The minimum atomic E-state index is -2.95. The van der Waals surface area contributed by atoms with E-state index < -0.39 is 9.84 Å². The number of carbonyl (C=O) groups is 1. The van der Waals surface area contributed by atoms with Crippen LogP contribution in [-0.4, -0.2) is 25.7 Å². The van der Waals surface area contributed by atoms with Crippen molar-refractivity contribution in [2.24, 2.45) is 11.3 Å². The van der Waals surface area contributed by atoms with Crippen LogP contribution in [0.3, 0.4) is 0 Å². The van der Waals surface area contributed by atoms with Crippen LogP contribution in [0, 0.1) is 11.3 Å². The Hall–Kier alpha value is -0.640. The summed E-state index contributed by atoms with van der Waals surface area (Å²) < 4.78 is 23.4. The van der Waals surface area contributed by atoms with Gasteiger partial charge in [0.15, 0.2) is 5.78 Å². The van der Waals surface area contributed by atoms with E-state index in [-0.39, 0.29) is 22.4 Å². The molecule has 0 aromatic carbocycles. The average Bonchev–Trinajstić information content (AvgIpc) is 2.25. The highest BCUT2D eigenvalue weighted by Gasteiger charge is 2.35. The minimum absolute atomic E-state index is 0.0270. The number of hydrogen-bond donors (Lipinski definition) is 0. The fourth-order valence-electron chi connectivity index (χ4n) is 3.53. The molecule has 2 aliphatic rings. The van der Waals surface area contributed by atoms with Gasteiger partial charge in [-0.2, -0.15) is 0 Å². The van der Waals surface area contributed by atoms with Crippen molar-refractivity contribution in [1.82, 2.24) is 0 Å². The first kappa shape index (κ1) is 14.8. The van der Waals surface area contributed by atoms with Crippen molar-refractivity contribution in [2.45, 2.75) is 57.6 Å². The summed E-state index contributed by atoms with van der Waals surface area (Å²) in [6.07, 6.45) is 8.13. The van der Waals surface area contributed by atoms with Crippen LogP contribution in [0.2, 0.25) is 0 Å². The van der Waals surface area contributed by atoms with E-state index in [2.05, 4.69) is 13.8 Å². The quantitative estimate of drug-likeness (QED) is 0.783. The molecule has 2 atom stereocenters. The molecule has 1 fully saturated rings. The third-order valence-corrected chi connectivity index (χ3v) is 6.08. The second kappa shape index (κ2) is 5.04. The maximum absolute atomic E-state index is 11.8. The van der Waals surface area contributed by atoms with Gasteiger partial charge in [0, 0.05) is 12.7 Å². The van der Waals surface area contributed by atoms with Crippen LogP contribution in [0.25, 0.3) is 0 Å². The number of carbonyl (C=O) groups excluding carboxylic acids is 1. The first-order valence-electron chi connectivity index (χ1n) is 7.09. The summed E-state index contributed by atoms with van der Waals surface area (Å²) in [6.45, 7) is 4.24. The first-order chi connectivity index (χ1) is 8.67. The van der Waals surface area contributed by atoms with Crippen LogP contribution in [0.5, 0.6) is 0 Å². The molecule has 2 rings (SSSR count). The Balaban J connectivity index is 2.16. The van der Waals surface area contributed by atoms with Crippen molar-refractivity contribution < 1.29 is 13.2 Å². The van der Waals surface area contributed by atoms with Gasteiger partial charge in [-0.25, -0.2) is 8.42 Å². The van der Waals surface area contributed by atoms with E-state index in [1.54, 1.807) is 6.08 Å². The van der Waals surface area contributed by atoms with Gasteiger partial charge >= 0.3 is 0 Å². The van der Waals surface area contributed by atoms with Crippen LogP contribution >= 0.6 is 0 Å². The van der Waals surface area contributed by atoms with Crippen molar-refractivity contribution in [3.63, 3.8) is 0 Å². The van der Waals surface area contributed by atoms with E-state index in [0.717, 1.165) is 25.7 Å². The molecule has 0 heterocycles. The van der Waals surface area contributed by atoms with Gasteiger partial charge in [-0.3, -0.25) is 4.79 Å². The molecule has 4 heteroatoms. The Morgan fingerprint density at radius 1 is 1.21 bits per heavy atom. The monoisotopic (exact) mass is 284 g/mol. The highest BCUT2D eigenvalue weighted by molar-refractivity contribution is 7.91. The molecule has 0 aromatic heterocycles. The van der Waals surface area contributed by atoms with E-state index >= 15 is 0 Å². The van der Waals surface area contributed by atoms with E-state index in [1.165, 1.54) is 11.8 Å². The molecule has 0 radical (unpaired) electrons. The van der Waals surface area contributed by atoms with Crippen molar-refractivity contribution in [3.05, 3.63) is 11.6 Å². The highest BCUT2D eigenvalue weighted by Crippen LogP contribution is 2.42. The van der Waals surface area contributed by atoms with E-state index in [0.29, 0.717) is 12.8 Å².